The number of nitrogens with zero attached hydrogens (tertiary/aromatic N) is 1. The predicted octanol–water partition coefficient (Wildman–Crippen LogP) is 3.88. The van der Waals surface area contributed by atoms with Crippen molar-refractivity contribution >= 4 is 21.8 Å². The summed E-state index contributed by atoms with van der Waals surface area (Å²) in [6.45, 7) is 4.04. The van der Waals surface area contributed by atoms with Gasteiger partial charge in [-0.2, -0.15) is 0 Å². The van der Waals surface area contributed by atoms with Gasteiger partial charge in [0, 0.05) is 29.7 Å². The second kappa shape index (κ2) is 9.44. The first-order valence-corrected chi connectivity index (χ1v) is 9.97. The topological polar surface area (TPSA) is 41.6 Å². The Kier molecular flexibility index (Phi) is 6.99. The standard InChI is InChI=1S/C21H24BrFN2O2/c1-2-25(13-15-6-4-3-5-7-15)21(26)20-11-18(12-24-20)27-14-16-8-9-17(22)10-19(16)23/h3-10,18,20,24H,2,11-14H2,1H3/t18-,20+/m1/s1. The lowest BCUT2D eigenvalue weighted by molar-refractivity contribution is -0.133. The van der Waals surface area contributed by atoms with E-state index < -0.39 is 0 Å². The summed E-state index contributed by atoms with van der Waals surface area (Å²) >= 11 is 3.25. The molecule has 0 unspecified atom stereocenters. The van der Waals surface area contributed by atoms with Gasteiger partial charge >= 0.3 is 0 Å². The van der Waals surface area contributed by atoms with Crippen molar-refractivity contribution in [2.75, 3.05) is 13.1 Å². The lowest BCUT2D eigenvalue weighted by atomic mass is 10.1. The van der Waals surface area contributed by atoms with Gasteiger partial charge in [-0.15, -0.1) is 0 Å². The molecule has 144 valence electrons. The van der Waals surface area contributed by atoms with Crippen molar-refractivity contribution in [1.29, 1.82) is 0 Å². The maximum absolute atomic E-state index is 13.9. The number of benzene rings is 2. The van der Waals surface area contributed by atoms with E-state index in [0.717, 1.165) is 5.56 Å². The molecule has 6 heteroatoms. The largest absolute Gasteiger partial charge is 0.372 e. The van der Waals surface area contributed by atoms with Gasteiger partial charge in [-0.1, -0.05) is 52.3 Å². The van der Waals surface area contributed by atoms with Crippen molar-refractivity contribution in [2.24, 2.45) is 0 Å². The molecule has 4 nitrogen and oxygen atoms in total. The van der Waals surface area contributed by atoms with Gasteiger partial charge in [0.1, 0.15) is 5.82 Å². The molecule has 0 radical (unpaired) electrons. The summed E-state index contributed by atoms with van der Waals surface area (Å²) in [5.74, 6) is -0.203. The predicted molar refractivity (Wildman–Crippen MR) is 107 cm³/mol. The lowest BCUT2D eigenvalue weighted by Gasteiger charge is -2.24. The average Bonchev–Trinajstić information content (AvgIpc) is 3.15. The fraction of sp³-hybridized carbons (Fsp3) is 0.381. The third-order valence-corrected chi connectivity index (χ3v) is 5.28. The summed E-state index contributed by atoms with van der Waals surface area (Å²) in [4.78, 5) is 14.7. The van der Waals surface area contributed by atoms with Gasteiger partial charge in [0.15, 0.2) is 0 Å². The minimum Gasteiger partial charge on any atom is -0.372 e. The van der Waals surface area contributed by atoms with Gasteiger partial charge in [-0.3, -0.25) is 4.79 Å². The number of carbonyl (C=O) groups is 1. The van der Waals surface area contributed by atoms with Crippen molar-refractivity contribution in [3.8, 4) is 0 Å². The summed E-state index contributed by atoms with van der Waals surface area (Å²) < 4.78 is 20.4. The van der Waals surface area contributed by atoms with Gasteiger partial charge in [-0.25, -0.2) is 4.39 Å². The van der Waals surface area contributed by atoms with E-state index >= 15 is 0 Å². The summed E-state index contributed by atoms with van der Waals surface area (Å²) in [5.41, 5.74) is 1.64. The summed E-state index contributed by atoms with van der Waals surface area (Å²) in [5, 5.41) is 3.25. The van der Waals surface area contributed by atoms with Crippen LogP contribution in [0.15, 0.2) is 53.0 Å². The van der Waals surface area contributed by atoms with Crippen LogP contribution >= 0.6 is 15.9 Å². The average molecular weight is 435 g/mol. The number of carbonyl (C=O) groups excluding carboxylic acids is 1. The molecule has 1 fully saturated rings. The molecule has 3 rings (SSSR count). The SMILES string of the molecule is CCN(Cc1ccccc1)C(=O)[C@@H]1C[C@@H](OCc2ccc(Br)cc2F)CN1. The van der Waals surface area contributed by atoms with Crippen molar-refractivity contribution in [3.05, 3.63) is 69.9 Å². The normalized spacial score (nSPS) is 19.2. The first kappa shape index (κ1) is 20.0. The minimum atomic E-state index is -0.289. The van der Waals surface area contributed by atoms with Crippen LogP contribution < -0.4 is 5.32 Å². The second-order valence-electron chi connectivity index (χ2n) is 6.70. The van der Waals surface area contributed by atoms with Crippen molar-refractivity contribution in [3.63, 3.8) is 0 Å². The second-order valence-corrected chi connectivity index (χ2v) is 7.62. The fourth-order valence-electron chi connectivity index (χ4n) is 3.23. The first-order valence-electron chi connectivity index (χ1n) is 9.18. The Morgan fingerprint density at radius 3 is 2.78 bits per heavy atom. The number of rotatable bonds is 7. The van der Waals surface area contributed by atoms with Crippen LogP contribution in [0, 0.1) is 5.82 Å². The molecule has 0 aliphatic carbocycles. The monoisotopic (exact) mass is 434 g/mol. The first-order chi connectivity index (χ1) is 13.1. The highest BCUT2D eigenvalue weighted by molar-refractivity contribution is 9.10. The Balaban J connectivity index is 1.52. The van der Waals surface area contributed by atoms with Crippen LogP contribution in [0.1, 0.15) is 24.5 Å². The highest BCUT2D eigenvalue weighted by Gasteiger charge is 2.32. The molecule has 1 amide bonds. The number of nitrogens with one attached hydrogen (secondary N) is 1. The van der Waals surface area contributed by atoms with Gasteiger partial charge < -0.3 is 15.0 Å². The smallest absolute Gasteiger partial charge is 0.240 e. The number of hydrogen-bond donors (Lipinski definition) is 1. The number of hydrogen-bond acceptors (Lipinski definition) is 3. The van der Waals surface area contributed by atoms with Gasteiger partial charge in [0.2, 0.25) is 5.91 Å². The van der Waals surface area contributed by atoms with Crippen LogP contribution in [-0.4, -0.2) is 36.0 Å². The third kappa shape index (κ3) is 5.37. The van der Waals surface area contributed by atoms with Gasteiger partial charge in [0.05, 0.1) is 18.8 Å². The molecule has 2 aromatic rings. The molecule has 1 N–H and O–H groups in total. The van der Waals surface area contributed by atoms with Crippen molar-refractivity contribution in [2.45, 2.75) is 38.6 Å². The number of ether oxygens (including phenoxy) is 1. The number of likely N-dealkylation sites (N-methyl/N-ethyl adjacent to an activating group) is 1. The van der Waals surface area contributed by atoms with E-state index in [-0.39, 0.29) is 30.5 Å². The molecule has 1 saturated heterocycles. The third-order valence-electron chi connectivity index (χ3n) is 4.79. The van der Waals surface area contributed by atoms with Crippen molar-refractivity contribution in [1.82, 2.24) is 10.2 Å². The maximum Gasteiger partial charge on any atom is 0.240 e. The van der Waals surface area contributed by atoms with Crippen LogP contribution in [-0.2, 0) is 22.7 Å². The van der Waals surface area contributed by atoms with Crippen LogP contribution in [0.3, 0.4) is 0 Å². The summed E-state index contributed by atoms with van der Waals surface area (Å²) in [6.07, 6.45) is 0.500. The zero-order valence-corrected chi connectivity index (χ0v) is 16.9. The van der Waals surface area contributed by atoms with E-state index in [9.17, 15) is 9.18 Å². The van der Waals surface area contributed by atoms with E-state index in [2.05, 4.69) is 21.2 Å². The highest BCUT2D eigenvalue weighted by Crippen LogP contribution is 2.19. The fourth-order valence-corrected chi connectivity index (χ4v) is 3.57. The molecular formula is C21H24BrFN2O2. The Bertz CT molecular complexity index is 772. The highest BCUT2D eigenvalue weighted by atomic mass is 79.9. The van der Waals surface area contributed by atoms with Crippen molar-refractivity contribution < 1.29 is 13.9 Å². The number of halogens is 2. The quantitative estimate of drug-likeness (QED) is 0.718. The molecule has 27 heavy (non-hydrogen) atoms. The molecular weight excluding hydrogens is 411 g/mol. The van der Waals surface area contributed by atoms with Gasteiger partial charge in [0.25, 0.3) is 0 Å². The molecule has 1 aliphatic heterocycles. The van der Waals surface area contributed by atoms with E-state index in [1.807, 2.05) is 42.2 Å². The van der Waals surface area contributed by atoms with Crippen LogP contribution in [0.4, 0.5) is 4.39 Å². The Hall–Kier alpha value is -1.76. The van der Waals surface area contributed by atoms with Crippen LogP contribution in [0.2, 0.25) is 0 Å². The van der Waals surface area contributed by atoms with Crippen LogP contribution in [0.5, 0.6) is 0 Å². The Morgan fingerprint density at radius 1 is 1.30 bits per heavy atom. The van der Waals surface area contributed by atoms with E-state index in [1.54, 1.807) is 12.1 Å². The maximum atomic E-state index is 13.9. The van der Waals surface area contributed by atoms with E-state index in [0.29, 0.717) is 36.1 Å². The Morgan fingerprint density at radius 2 is 2.07 bits per heavy atom. The molecule has 1 heterocycles. The summed E-state index contributed by atoms with van der Waals surface area (Å²) in [6, 6.07) is 14.7. The number of amides is 1. The molecule has 1 aliphatic rings. The Labute approximate surface area is 167 Å². The van der Waals surface area contributed by atoms with Gasteiger partial charge in [-0.05, 0) is 31.0 Å². The minimum absolute atomic E-state index is 0.0854. The molecule has 2 atom stereocenters. The molecule has 0 saturated carbocycles. The van der Waals surface area contributed by atoms with E-state index in [1.165, 1.54) is 6.07 Å². The molecule has 0 bridgehead atoms. The zero-order chi connectivity index (χ0) is 19.2. The summed E-state index contributed by atoms with van der Waals surface area (Å²) in [7, 11) is 0. The molecule has 0 spiro atoms. The zero-order valence-electron chi connectivity index (χ0n) is 15.3. The lowest BCUT2D eigenvalue weighted by Crippen LogP contribution is -2.43. The molecule has 0 aromatic heterocycles. The van der Waals surface area contributed by atoms with Crippen LogP contribution in [0.25, 0.3) is 0 Å². The van der Waals surface area contributed by atoms with E-state index in [4.69, 9.17) is 4.74 Å². The molecule has 2 aromatic carbocycles.